The van der Waals surface area contributed by atoms with Crippen molar-refractivity contribution < 1.29 is 4.74 Å². The molecule has 0 saturated heterocycles. The fraction of sp³-hybridized carbons (Fsp3) is 0.333. The first-order valence-corrected chi connectivity index (χ1v) is 7.36. The smallest absolute Gasteiger partial charge is 0.157 e. The third-order valence-corrected chi connectivity index (χ3v) is 3.85. The Bertz CT molecular complexity index is 602. The molecule has 2 rings (SSSR count). The van der Waals surface area contributed by atoms with Crippen molar-refractivity contribution in [3.8, 4) is 0 Å². The van der Waals surface area contributed by atoms with Crippen LogP contribution < -0.4 is 5.73 Å². The SMILES string of the molecule is CCOCc1nc(N)cc(Sc2ccc(C)cc2C)n1. The van der Waals surface area contributed by atoms with Crippen molar-refractivity contribution in [2.45, 2.75) is 37.3 Å². The molecule has 2 N–H and O–H groups in total. The van der Waals surface area contributed by atoms with E-state index in [1.807, 2.05) is 6.92 Å². The molecule has 2 aromatic rings. The summed E-state index contributed by atoms with van der Waals surface area (Å²) in [6.45, 7) is 7.16. The van der Waals surface area contributed by atoms with Crippen molar-refractivity contribution in [2.75, 3.05) is 12.3 Å². The van der Waals surface area contributed by atoms with E-state index in [1.54, 1.807) is 17.8 Å². The first-order valence-electron chi connectivity index (χ1n) is 6.54. The molecule has 106 valence electrons. The van der Waals surface area contributed by atoms with E-state index in [4.69, 9.17) is 10.5 Å². The normalized spacial score (nSPS) is 10.8. The number of hydrogen-bond acceptors (Lipinski definition) is 5. The zero-order chi connectivity index (χ0) is 14.5. The largest absolute Gasteiger partial charge is 0.384 e. The van der Waals surface area contributed by atoms with Crippen molar-refractivity contribution in [1.82, 2.24) is 9.97 Å². The van der Waals surface area contributed by atoms with E-state index in [9.17, 15) is 0 Å². The summed E-state index contributed by atoms with van der Waals surface area (Å²) in [6.07, 6.45) is 0. The number of anilines is 1. The highest BCUT2D eigenvalue weighted by molar-refractivity contribution is 7.99. The van der Waals surface area contributed by atoms with Gasteiger partial charge in [0, 0.05) is 17.6 Å². The third-order valence-electron chi connectivity index (χ3n) is 2.75. The van der Waals surface area contributed by atoms with Crippen molar-refractivity contribution in [3.63, 3.8) is 0 Å². The molecule has 20 heavy (non-hydrogen) atoms. The average Bonchev–Trinajstić information content (AvgIpc) is 2.39. The Morgan fingerprint density at radius 2 is 2.00 bits per heavy atom. The van der Waals surface area contributed by atoms with E-state index < -0.39 is 0 Å². The summed E-state index contributed by atoms with van der Waals surface area (Å²) in [5, 5.41) is 0.846. The van der Waals surface area contributed by atoms with Gasteiger partial charge in [-0.1, -0.05) is 29.5 Å². The van der Waals surface area contributed by atoms with Crippen molar-refractivity contribution in [2.24, 2.45) is 0 Å². The number of nitrogens with zero attached hydrogens (tertiary/aromatic N) is 2. The Hall–Kier alpha value is -1.59. The standard InChI is InChI=1S/C15H19N3OS/c1-4-19-9-14-17-13(16)8-15(18-14)20-12-6-5-10(2)7-11(12)3/h5-8H,4,9H2,1-3H3,(H2,16,17,18). The molecule has 0 spiro atoms. The number of nitrogen functional groups attached to an aromatic ring is 1. The van der Waals surface area contributed by atoms with E-state index in [-0.39, 0.29) is 0 Å². The quantitative estimate of drug-likeness (QED) is 0.855. The van der Waals surface area contributed by atoms with Crippen LogP contribution in [0.2, 0.25) is 0 Å². The molecule has 0 aliphatic carbocycles. The van der Waals surface area contributed by atoms with Gasteiger partial charge in [0.25, 0.3) is 0 Å². The van der Waals surface area contributed by atoms with Crippen molar-refractivity contribution in [1.29, 1.82) is 0 Å². The second-order valence-corrected chi connectivity index (χ2v) is 5.62. The summed E-state index contributed by atoms with van der Waals surface area (Å²) >= 11 is 1.60. The molecule has 0 saturated carbocycles. The van der Waals surface area contributed by atoms with E-state index in [2.05, 4.69) is 42.0 Å². The van der Waals surface area contributed by atoms with Gasteiger partial charge < -0.3 is 10.5 Å². The molecule has 0 atom stereocenters. The third kappa shape index (κ3) is 3.95. The second-order valence-electron chi connectivity index (χ2n) is 4.56. The van der Waals surface area contributed by atoms with Crippen molar-refractivity contribution in [3.05, 3.63) is 41.2 Å². The maximum Gasteiger partial charge on any atom is 0.157 e. The van der Waals surface area contributed by atoms with Gasteiger partial charge in [0.2, 0.25) is 0 Å². The number of hydrogen-bond donors (Lipinski definition) is 1. The van der Waals surface area contributed by atoms with Gasteiger partial charge in [-0.2, -0.15) is 0 Å². The van der Waals surface area contributed by atoms with Gasteiger partial charge >= 0.3 is 0 Å². The Balaban J connectivity index is 2.21. The first-order chi connectivity index (χ1) is 9.58. The van der Waals surface area contributed by atoms with E-state index in [0.29, 0.717) is 24.9 Å². The van der Waals surface area contributed by atoms with Crippen LogP contribution in [0.1, 0.15) is 23.9 Å². The average molecular weight is 289 g/mol. The van der Waals surface area contributed by atoms with E-state index in [1.165, 1.54) is 16.0 Å². The van der Waals surface area contributed by atoms with Crippen LogP contribution in [-0.2, 0) is 11.3 Å². The minimum atomic E-state index is 0.391. The Labute approximate surface area is 123 Å². The molecule has 0 bridgehead atoms. The lowest BCUT2D eigenvalue weighted by atomic mass is 10.2. The molecular formula is C15H19N3OS. The summed E-state index contributed by atoms with van der Waals surface area (Å²) in [4.78, 5) is 9.83. The van der Waals surface area contributed by atoms with E-state index >= 15 is 0 Å². The summed E-state index contributed by atoms with van der Waals surface area (Å²) in [7, 11) is 0. The van der Waals surface area contributed by atoms with Crippen LogP contribution in [0, 0.1) is 13.8 Å². The van der Waals surface area contributed by atoms with Gasteiger partial charge in [-0.05, 0) is 32.4 Å². The molecule has 4 nitrogen and oxygen atoms in total. The van der Waals surface area contributed by atoms with Crippen LogP contribution in [0.25, 0.3) is 0 Å². The Morgan fingerprint density at radius 1 is 1.20 bits per heavy atom. The van der Waals surface area contributed by atoms with Crippen LogP contribution in [0.5, 0.6) is 0 Å². The van der Waals surface area contributed by atoms with Crippen molar-refractivity contribution >= 4 is 17.6 Å². The molecule has 1 aromatic heterocycles. The Morgan fingerprint density at radius 3 is 2.70 bits per heavy atom. The molecule has 0 amide bonds. The number of rotatable bonds is 5. The van der Waals surface area contributed by atoms with Gasteiger partial charge in [0.1, 0.15) is 17.5 Å². The molecule has 0 fully saturated rings. The van der Waals surface area contributed by atoms with Crippen LogP contribution in [0.4, 0.5) is 5.82 Å². The van der Waals surface area contributed by atoms with Gasteiger partial charge in [0.05, 0.1) is 0 Å². The monoisotopic (exact) mass is 289 g/mol. The molecule has 0 aliphatic heterocycles. The molecule has 0 aliphatic rings. The maximum atomic E-state index is 5.83. The van der Waals surface area contributed by atoms with Crippen LogP contribution in [0.3, 0.4) is 0 Å². The molecule has 1 heterocycles. The highest BCUT2D eigenvalue weighted by Crippen LogP contribution is 2.30. The zero-order valence-electron chi connectivity index (χ0n) is 12.0. The molecule has 5 heteroatoms. The molecule has 0 radical (unpaired) electrons. The lowest BCUT2D eigenvalue weighted by molar-refractivity contribution is 0.128. The summed E-state index contributed by atoms with van der Waals surface area (Å²) < 4.78 is 5.33. The number of ether oxygens (including phenoxy) is 1. The predicted octanol–water partition coefficient (Wildman–Crippen LogP) is 3.36. The van der Waals surface area contributed by atoms with E-state index in [0.717, 1.165) is 5.03 Å². The highest BCUT2D eigenvalue weighted by atomic mass is 32.2. The fourth-order valence-corrected chi connectivity index (χ4v) is 2.74. The van der Waals surface area contributed by atoms with Crippen LogP contribution >= 0.6 is 11.8 Å². The fourth-order valence-electron chi connectivity index (χ4n) is 1.83. The lowest BCUT2D eigenvalue weighted by Gasteiger charge is -2.08. The predicted molar refractivity (Wildman–Crippen MR) is 81.8 cm³/mol. The highest BCUT2D eigenvalue weighted by Gasteiger charge is 2.07. The van der Waals surface area contributed by atoms with Gasteiger partial charge in [0.15, 0.2) is 5.82 Å². The summed E-state index contributed by atoms with van der Waals surface area (Å²) in [5.74, 6) is 1.10. The summed E-state index contributed by atoms with van der Waals surface area (Å²) in [6, 6.07) is 8.16. The molecule has 0 unspecified atom stereocenters. The number of benzene rings is 1. The maximum absolute atomic E-state index is 5.83. The minimum Gasteiger partial charge on any atom is -0.384 e. The molecular weight excluding hydrogens is 270 g/mol. The first kappa shape index (κ1) is 14.8. The minimum absolute atomic E-state index is 0.391. The second kappa shape index (κ2) is 6.72. The topological polar surface area (TPSA) is 61.0 Å². The van der Waals surface area contributed by atoms with Gasteiger partial charge in [-0.15, -0.1) is 0 Å². The lowest BCUT2D eigenvalue weighted by Crippen LogP contribution is -2.03. The number of aromatic nitrogens is 2. The van der Waals surface area contributed by atoms with Gasteiger partial charge in [-0.25, -0.2) is 9.97 Å². The zero-order valence-corrected chi connectivity index (χ0v) is 12.8. The van der Waals surface area contributed by atoms with Gasteiger partial charge in [-0.3, -0.25) is 0 Å². The number of nitrogens with two attached hydrogens (primary N) is 1. The summed E-state index contributed by atoms with van der Waals surface area (Å²) in [5.41, 5.74) is 8.32. The molecule has 1 aromatic carbocycles. The van der Waals surface area contributed by atoms with Crippen LogP contribution in [0.15, 0.2) is 34.2 Å². The Kier molecular flexibility index (Phi) is 4.98. The number of aryl methyl sites for hydroxylation is 2. The van der Waals surface area contributed by atoms with Crippen LogP contribution in [-0.4, -0.2) is 16.6 Å².